The molecule has 0 aliphatic heterocycles. The van der Waals surface area contributed by atoms with E-state index in [4.69, 9.17) is 9.47 Å². The summed E-state index contributed by atoms with van der Waals surface area (Å²) in [5.41, 5.74) is 2.37. The van der Waals surface area contributed by atoms with Crippen LogP contribution in [0, 0.1) is 6.92 Å². The van der Waals surface area contributed by atoms with Crippen molar-refractivity contribution in [3.8, 4) is 11.5 Å². The van der Waals surface area contributed by atoms with Crippen molar-refractivity contribution >= 4 is 23.2 Å². The first-order chi connectivity index (χ1) is 12.9. The van der Waals surface area contributed by atoms with Gasteiger partial charge in [0.2, 0.25) is 11.8 Å². The molecule has 6 heteroatoms. The first-order valence-corrected chi connectivity index (χ1v) is 8.90. The minimum absolute atomic E-state index is 0.125. The average molecular weight is 370 g/mol. The number of nitrogens with zero attached hydrogens (tertiary/aromatic N) is 1. The SMILES string of the molecule is CCOc1ccc(N(CCC(=O)Nc2cc(C)ccc2OC)C(C)=O)cc1. The monoisotopic (exact) mass is 370 g/mol. The summed E-state index contributed by atoms with van der Waals surface area (Å²) >= 11 is 0. The lowest BCUT2D eigenvalue weighted by molar-refractivity contribution is -0.117. The summed E-state index contributed by atoms with van der Waals surface area (Å²) in [4.78, 5) is 26.0. The second-order valence-corrected chi connectivity index (χ2v) is 6.10. The number of aryl methyl sites for hydroxylation is 1. The standard InChI is InChI=1S/C21H26N2O4/c1-5-27-18-9-7-17(8-10-18)23(16(3)24)13-12-21(25)22-19-14-15(2)6-11-20(19)26-4/h6-11,14H,5,12-13H2,1-4H3,(H,22,25). The van der Waals surface area contributed by atoms with Crippen LogP contribution in [0.4, 0.5) is 11.4 Å². The highest BCUT2D eigenvalue weighted by Crippen LogP contribution is 2.25. The molecule has 0 saturated heterocycles. The van der Waals surface area contributed by atoms with Crippen LogP contribution in [0.2, 0.25) is 0 Å². The van der Waals surface area contributed by atoms with Crippen LogP contribution in [0.25, 0.3) is 0 Å². The summed E-state index contributed by atoms with van der Waals surface area (Å²) in [6, 6.07) is 12.8. The van der Waals surface area contributed by atoms with E-state index >= 15 is 0 Å². The maximum atomic E-state index is 12.4. The lowest BCUT2D eigenvalue weighted by atomic mass is 10.2. The molecule has 0 aliphatic rings. The summed E-state index contributed by atoms with van der Waals surface area (Å²) in [7, 11) is 1.56. The number of hydrogen-bond acceptors (Lipinski definition) is 4. The van der Waals surface area contributed by atoms with Gasteiger partial charge in [-0.25, -0.2) is 0 Å². The highest BCUT2D eigenvalue weighted by molar-refractivity contribution is 5.95. The second kappa shape index (κ2) is 9.62. The maximum absolute atomic E-state index is 12.4. The Balaban J connectivity index is 2.02. The van der Waals surface area contributed by atoms with Crippen LogP contribution in [0.3, 0.4) is 0 Å². The van der Waals surface area contributed by atoms with Gasteiger partial charge in [-0.3, -0.25) is 9.59 Å². The molecule has 0 unspecified atom stereocenters. The molecule has 0 spiro atoms. The minimum atomic E-state index is -0.184. The second-order valence-electron chi connectivity index (χ2n) is 6.10. The predicted molar refractivity (Wildman–Crippen MR) is 107 cm³/mol. The third kappa shape index (κ3) is 5.74. The normalized spacial score (nSPS) is 10.2. The largest absolute Gasteiger partial charge is 0.495 e. The maximum Gasteiger partial charge on any atom is 0.226 e. The topological polar surface area (TPSA) is 67.9 Å². The molecule has 0 aromatic heterocycles. The number of ether oxygens (including phenoxy) is 2. The summed E-state index contributed by atoms with van der Waals surface area (Å²) < 4.78 is 10.7. The number of nitrogens with one attached hydrogen (secondary N) is 1. The first kappa shape index (κ1) is 20.3. The highest BCUT2D eigenvalue weighted by Gasteiger charge is 2.15. The lowest BCUT2D eigenvalue weighted by Gasteiger charge is -2.21. The number of methoxy groups -OCH3 is 1. The van der Waals surface area contributed by atoms with Crippen LogP contribution in [-0.2, 0) is 9.59 Å². The molecular weight excluding hydrogens is 344 g/mol. The van der Waals surface area contributed by atoms with E-state index in [2.05, 4.69) is 5.32 Å². The Labute approximate surface area is 160 Å². The summed E-state index contributed by atoms with van der Waals surface area (Å²) in [5.74, 6) is 1.04. The molecule has 2 amide bonds. The fourth-order valence-electron chi connectivity index (χ4n) is 2.70. The summed E-state index contributed by atoms with van der Waals surface area (Å²) in [5, 5.41) is 2.85. The minimum Gasteiger partial charge on any atom is -0.495 e. The van der Waals surface area contributed by atoms with Crippen molar-refractivity contribution in [2.75, 3.05) is 30.5 Å². The van der Waals surface area contributed by atoms with E-state index < -0.39 is 0 Å². The molecule has 2 aromatic carbocycles. The van der Waals surface area contributed by atoms with Gasteiger partial charge in [0.1, 0.15) is 11.5 Å². The van der Waals surface area contributed by atoms with Crippen molar-refractivity contribution in [3.05, 3.63) is 48.0 Å². The quantitative estimate of drug-likeness (QED) is 0.768. The van der Waals surface area contributed by atoms with Gasteiger partial charge in [-0.1, -0.05) is 6.07 Å². The summed E-state index contributed by atoms with van der Waals surface area (Å²) in [6.45, 7) is 6.20. The number of hydrogen-bond donors (Lipinski definition) is 1. The van der Waals surface area contributed by atoms with Gasteiger partial charge in [0.25, 0.3) is 0 Å². The van der Waals surface area contributed by atoms with Gasteiger partial charge in [-0.05, 0) is 55.8 Å². The van der Waals surface area contributed by atoms with E-state index in [1.54, 1.807) is 12.0 Å². The molecule has 0 bridgehead atoms. The van der Waals surface area contributed by atoms with Crippen molar-refractivity contribution in [2.45, 2.75) is 27.2 Å². The zero-order valence-corrected chi connectivity index (χ0v) is 16.2. The first-order valence-electron chi connectivity index (χ1n) is 8.90. The van der Waals surface area contributed by atoms with Gasteiger partial charge in [-0.15, -0.1) is 0 Å². The fraction of sp³-hybridized carbons (Fsp3) is 0.333. The molecule has 27 heavy (non-hydrogen) atoms. The molecule has 1 N–H and O–H groups in total. The third-order valence-electron chi connectivity index (χ3n) is 4.03. The van der Waals surface area contributed by atoms with Gasteiger partial charge in [0.05, 0.1) is 19.4 Å². The Hall–Kier alpha value is -3.02. The Morgan fingerprint density at radius 1 is 1.11 bits per heavy atom. The van der Waals surface area contributed by atoms with E-state index in [1.807, 2.05) is 56.3 Å². The summed E-state index contributed by atoms with van der Waals surface area (Å²) in [6.07, 6.45) is 0.171. The van der Waals surface area contributed by atoms with Crippen molar-refractivity contribution in [1.29, 1.82) is 0 Å². The van der Waals surface area contributed by atoms with Crippen molar-refractivity contribution in [1.82, 2.24) is 0 Å². The van der Waals surface area contributed by atoms with Crippen LogP contribution in [0.5, 0.6) is 11.5 Å². The number of rotatable bonds is 8. The molecule has 0 aliphatic carbocycles. The number of amides is 2. The Morgan fingerprint density at radius 3 is 2.41 bits per heavy atom. The van der Waals surface area contributed by atoms with Crippen molar-refractivity contribution in [3.63, 3.8) is 0 Å². The predicted octanol–water partition coefficient (Wildman–Crippen LogP) is 3.78. The van der Waals surface area contributed by atoms with Crippen LogP contribution < -0.4 is 19.7 Å². The van der Waals surface area contributed by atoms with Gasteiger partial charge in [-0.2, -0.15) is 0 Å². The molecule has 0 saturated carbocycles. The zero-order valence-electron chi connectivity index (χ0n) is 16.2. The highest BCUT2D eigenvalue weighted by atomic mass is 16.5. The molecule has 0 atom stereocenters. The van der Waals surface area contributed by atoms with Gasteiger partial charge in [0.15, 0.2) is 0 Å². The molecule has 2 rings (SSSR count). The smallest absolute Gasteiger partial charge is 0.226 e. The van der Waals surface area contributed by atoms with Crippen molar-refractivity contribution < 1.29 is 19.1 Å². The Kier molecular flexibility index (Phi) is 7.23. The molecule has 0 fully saturated rings. The Morgan fingerprint density at radius 2 is 1.81 bits per heavy atom. The van der Waals surface area contributed by atoms with Crippen LogP contribution >= 0.6 is 0 Å². The van der Waals surface area contributed by atoms with E-state index in [0.29, 0.717) is 18.0 Å². The fourth-order valence-corrected chi connectivity index (χ4v) is 2.70. The molecule has 2 aromatic rings. The molecule has 0 radical (unpaired) electrons. The molecule has 6 nitrogen and oxygen atoms in total. The van der Waals surface area contributed by atoms with Crippen LogP contribution in [0.15, 0.2) is 42.5 Å². The van der Waals surface area contributed by atoms with Crippen molar-refractivity contribution in [2.24, 2.45) is 0 Å². The van der Waals surface area contributed by atoms with Crippen LogP contribution in [-0.4, -0.2) is 32.1 Å². The van der Waals surface area contributed by atoms with Gasteiger partial charge < -0.3 is 19.7 Å². The molecule has 144 valence electrons. The third-order valence-corrected chi connectivity index (χ3v) is 4.03. The van der Waals surface area contributed by atoms with E-state index in [1.165, 1.54) is 6.92 Å². The lowest BCUT2D eigenvalue weighted by Crippen LogP contribution is -2.31. The Bertz CT molecular complexity index is 787. The van der Waals surface area contributed by atoms with Crippen LogP contribution in [0.1, 0.15) is 25.8 Å². The van der Waals surface area contributed by atoms with E-state index in [9.17, 15) is 9.59 Å². The van der Waals surface area contributed by atoms with Gasteiger partial charge in [0, 0.05) is 25.6 Å². The number of anilines is 2. The van der Waals surface area contributed by atoms with E-state index in [-0.39, 0.29) is 24.8 Å². The molecular formula is C21H26N2O4. The number of carbonyl (C=O) groups is 2. The molecule has 0 heterocycles. The van der Waals surface area contributed by atoms with Gasteiger partial charge >= 0.3 is 0 Å². The van der Waals surface area contributed by atoms with E-state index in [0.717, 1.165) is 17.0 Å². The zero-order chi connectivity index (χ0) is 19.8. The number of carbonyl (C=O) groups excluding carboxylic acids is 2. The average Bonchev–Trinajstić information content (AvgIpc) is 2.63. The number of benzene rings is 2.